The number of amides is 3. The number of carbonyl (C=O) groups excluding carboxylic acids is 3. The molecule has 0 spiro atoms. The van der Waals surface area contributed by atoms with E-state index in [0.717, 1.165) is 6.42 Å². The van der Waals surface area contributed by atoms with Crippen molar-refractivity contribution in [1.29, 1.82) is 0 Å². The summed E-state index contributed by atoms with van der Waals surface area (Å²) in [4.78, 5) is 41.3. The molecule has 28 heavy (non-hydrogen) atoms. The maximum Gasteiger partial charge on any atom is 0.264 e. The third-order valence-corrected chi connectivity index (χ3v) is 6.09. The molecule has 1 aromatic carbocycles. The van der Waals surface area contributed by atoms with E-state index in [4.69, 9.17) is 23.2 Å². The molecule has 3 amide bonds. The van der Waals surface area contributed by atoms with E-state index in [1.54, 1.807) is 36.2 Å². The number of anilines is 1. The summed E-state index contributed by atoms with van der Waals surface area (Å²) in [7, 11) is 1.56. The molecule has 1 N–H and O–H groups in total. The van der Waals surface area contributed by atoms with Gasteiger partial charge in [-0.25, -0.2) is 0 Å². The molecule has 0 unspecified atom stereocenters. The number of hydrogen-bond acceptors (Lipinski definition) is 4. The third-order valence-electron chi connectivity index (χ3n) is 4.49. The lowest BCUT2D eigenvalue weighted by Crippen LogP contribution is -2.48. The molecule has 1 saturated heterocycles. The number of halogens is 2. The number of likely N-dealkylation sites (N-methyl/N-ethyl adjacent to an activating group) is 1. The van der Waals surface area contributed by atoms with Crippen LogP contribution in [0.1, 0.15) is 22.5 Å². The summed E-state index contributed by atoms with van der Waals surface area (Å²) in [5.41, 5.74) is 0.496. The van der Waals surface area contributed by atoms with Crippen molar-refractivity contribution in [1.82, 2.24) is 9.80 Å². The first-order valence-electron chi connectivity index (χ1n) is 8.71. The van der Waals surface area contributed by atoms with Crippen LogP contribution in [0.3, 0.4) is 0 Å². The highest BCUT2D eigenvalue weighted by Gasteiger charge is 2.36. The predicted octanol–water partition coefficient (Wildman–Crippen LogP) is 3.76. The van der Waals surface area contributed by atoms with Crippen LogP contribution in [-0.4, -0.2) is 53.7 Å². The molecule has 1 aliphatic heterocycles. The van der Waals surface area contributed by atoms with Gasteiger partial charge in [-0.15, -0.1) is 11.3 Å². The first-order valence-corrected chi connectivity index (χ1v) is 10.3. The van der Waals surface area contributed by atoms with Gasteiger partial charge in [-0.2, -0.15) is 0 Å². The van der Waals surface area contributed by atoms with Crippen molar-refractivity contribution in [3.05, 3.63) is 50.6 Å². The summed E-state index contributed by atoms with van der Waals surface area (Å²) in [6.07, 6.45) is 1.35. The quantitative estimate of drug-likeness (QED) is 0.770. The van der Waals surface area contributed by atoms with E-state index >= 15 is 0 Å². The van der Waals surface area contributed by atoms with Crippen molar-refractivity contribution < 1.29 is 14.4 Å². The van der Waals surface area contributed by atoms with Gasteiger partial charge in [0.15, 0.2) is 0 Å². The molecule has 0 saturated carbocycles. The molecule has 0 radical (unpaired) electrons. The molecule has 1 atom stereocenters. The summed E-state index contributed by atoms with van der Waals surface area (Å²) in [6.45, 7) is 0.410. The number of thiophene rings is 1. The normalized spacial score (nSPS) is 16.1. The van der Waals surface area contributed by atoms with Crippen LogP contribution < -0.4 is 5.32 Å². The van der Waals surface area contributed by atoms with Crippen LogP contribution in [0.2, 0.25) is 10.0 Å². The number of nitrogens with zero attached hydrogens (tertiary/aromatic N) is 2. The number of likely N-dealkylation sites (tertiary alicyclic amines) is 1. The fourth-order valence-corrected chi connectivity index (χ4v) is 4.11. The Kier molecular flexibility index (Phi) is 6.59. The number of carbonyl (C=O) groups is 3. The Bertz CT molecular complexity index is 889. The summed E-state index contributed by atoms with van der Waals surface area (Å²) < 4.78 is 0. The van der Waals surface area contributed by atoms with Gasteiger partial charge in [0.05, 0.1) is 21.5 Å². The zero-order valence-corrected chi connectivity index (χ0v) is 17.5. The lowest BCUT2D eigenvalue weighted by molar-refractivity contribution is -0.136. The van der Waals surface area contributed by atoms with Gasteiger partial charge in [0, 0.05) is 19.3 Å². The summed E-state index contributed by atoms with van der Waals surface area (Å²) in [5, 5.41) is 5.24. The molecule has 6 nitrogen and oxygen atoms in total. The topological polar surface area (TPSA) is 69.7 Å². The monoisotopic (exact) mass is 439 g/mol. The average Bonchev–Trinajstić information content (AvgIpc) is 3.35. The number of nitrogens with one attached hydrogen (secondary N) is 1. The Balaban J connectivity index is 1.60. The van der Waals surface area contributed by atoms with Crippen LogP contribution >= 0.6 is 34.5 Å². The Morgan fingerprint density at radius 3 is 2.71 bits per heavy atom. The lowest BCUT2D eigenvalue weighted by Gasteiger charge is -2.27. The van der Waals surface area contributed by atoms with E-state index in [-0.39, 0.29) is 24.3 Å². The molecule has 9 heteroatoms. The van der Waals surface area contributed by atoms with Gasteiger partial charge in [0.2, 0.25) is 11.8 Å². The van der Waals surface area contributed by atoms with Crippen LogP contribution in [0.4, 0.5) is 5.69 Å². The van der Waals surface area contributed by atoms with E-state index in [0.29, 0.717) is 33.6 Å². The molecule has 1 aromatic heterocycles. The van der Waals surface area contributed by atoms with E-state index in [2.05, 4.69) is 5.32 Å². The van der Waals surface area contributed by atoms with Crippen molar-refractivity contribution in [3.63, 3.8) is 0 Å². The van der Waals surface area contributed by atoms with Gasteiger partial charge in [0.25, 0.3) is 5.91 Å². The largest absolute Gasteiger partial charge is 0.335 e. The zero-order valence-electron chi connectivity index (χ0n) is 15.2. The van der Waals surface area contributed by atoms with Crippen LogP contribution in [0.25, 0.3) is 0 Å². The van der Waals surface area contributed by atoms with Crippen LogP contribution in [-0.2, 0) is 9.59 Å². The Hall–Kier alpha value is -2.09. The number of hydrogen-bond donors (Lipinski definition) is 1. The van der Waals surface area contributed by atoms with Gasteiger partial charge in [-0.3, -0.25) is 14.4 Å². The van der Waals surface area contributed by atoms with Gasteiger partial charge in [-0.05, 0) is 42.5 Å². The van der Waals surface area contributed by atoms with E-state index < -0.39 is 6.04 Å². The summed E-state index contributed by atoms with van der Waals surface area (Å²) >= 11 is 13.2. The van der Waals surface area contributed by atoms with Crippen molar-refractivity contribution in [2.45, 2.75) is 18.9 Å². The standard InChI is InChI=1S/C19H19Cl2N3O3S/c1-23(11-17(25)22-12-6-7-13(20)14(21)10-12)18(26)15-4-2-8-24(15)19(27)16-5-3-9-28-16/h3,5-7,9-10,15H,2,4,8,11H2,1H3,(H,22,25)/t15-/m0/s1. The highest BCUT2D eigenvalue weighted by molar-refractivity contribution is 7.12. The van der Waals surface area contributed by atoms with Crippen molar-refractivity contribution in [2.24, 2.45) is 0 Å². The number of rotatable bonds is 5. The van der Waals surface area contributed by atoms with E-state index in [1.807, 2.05) is 11.4 Å². The van der Waals surface area contributed by atoms with Crippen LogP contribution in [0, 0.1) is 0 Å². The fraction of sp³-hybridized carbons (Fsp3) is 0.316. The minimum absolute atomic E-state index is 0.128. The van der Waals surface area contributed by atoms with Crippen molar-refractivity contribution in [2.75, 3.05) is 25.5 Å². The molecule has 1 aliphatic rings. The average molecular weight is 440 g/mol. The van der Waals surface area contributed by atoms with Crippen molar-refractivity contribution in [3.8, 4) is 0 Å². The molecule has 0 aliphatic carbocycles. The SMILES string of the molecule is CN(CC(=O)Nc1ccc(Cl)c(Cl)c1)C(=O)[C@@H]1CCCN1C(=O)c1cccs1. The molecule has 1 fully saturated rings. The van der Waals surface area contributed by atoms with Crippen LogP contribution in [0.15, 0.2) is 35.7 Å². The molecular formula is C19H19Cl2N3O3S. The van der Waals surface area contributed by atoms with Gasteiger partial charge in [0.1, 0.15) is 6.04 Å². The summed E-state index contributed by atoms with van der Waals surface area (Å²) in [6, 6.07) is 7.78. The number of benzene rings is 1. The second-order valence-corrected chi connectivity index (χ2v) is 8.27. The van der Waals surface area contributed by atoms with Gasteiger partial charge in [-0.1, -0.05) is 29.3 Å². The van der Waals surface area contributed by atoms with E-state index in [1.165, 1.54) is 16.2 Å². The third kappa shape index (κ3) is 4.66. The smallest absolute Gasteiger partial charge is 0.264 e. The highest BCUT2D eigenvalue weighted by atomic mass is 35.5. The van der Waals surface area contributed by atoms with Crippen molar-refractivity contribution >= 4 is 57.9 Å². The van der Waals surface area contributed by atoms with Crippen LogP contribution in [0.5, 0.6) is 0 Å². The molecule has 0 bridgehead atoms. The Morgan fingerprint density at radius 2 is 2.04 bits per heavy atom. The Morgan fingerprint density at radius 1 is 1.25 bits per heavy atom. The van der Waals surface area contributed by atoms with Gasteiger partial charge < -0.3 is 15.1 Å². The fourth-order valence-electron chi connectivity index (χ4n) is 3.13. The minimum atomic E-state index is -0.544. The Labute approximate surface area is 177 Å². The molecular weight excluding hydrogens is 421 g/mol. The molecule has 3 rings (SSSR count). The molecule has 2 heterocycles. The lowest BCUT2D eigenvalue weighted by atomic mass is 10.2. The zero-order chi connectivity index (χ0) is 20.3. The summed E-state index contributed by atoms with van der Waals surface area (Å²) in [5.74, 6) is -0.741. The van der Waals surface area contributed by atoms with Gasteiger partial charge >= 0.3 is 0 Å². The second-order valence-electron chi connectivity index (χ2n) is 6.51. The maximum atomic E-state index is 12.8. The van der Waals surface area contributed by atoms with E-state index in [9.17, 15) is 14.4 Å². The second kappa shape index (κ2) is 8.94. The molecule has 148 valence electrons. The first kappa shape index (κ1) is 20.6. The predicted molar refractivity (Wildman–Crippen MR) is 111 cm³/mol. The minimum Gasteiger partial charge on any atom is -0.335 e. The molecule has 2 aromatic rings. The maximum absolute atomic E-state index is 12.8. The first-order chi connectivity index (χ1) is 13.4. The highest BCUT2D eigenvalue weighted by Crippen LogP contribution is 2.25.